The van der Waals surface area contributed by atoms with Crippen LogP contribution in [0, 0.1) is 0 Å². The van der Waals surface area contributed by atoms with Gasteiger partial charge in [-0.25, -0.2) is 13.1 Å². The molecule has 19 heavy (non-hydrogen) atoms. The second-order valence-electron chi connectivity index (χ2n) is 4.60. The van der Waals surface area contributed by atoms with Crippen molar-refractivity contribution in [3.8, 4) is 0 Å². The van der Waals surface area contributed by atoms with E-state index in [9.17, 15) is 13.2 Å². The molecule has 7 heteroatoms. The minimum Gasteiger partial charge on any atom is -0.325 e. The van der Waals surface area contributed by atoms with Crippen LogP contribution in [0.5, 0.6) is 0 Å². The van der Waals surface area contributed by atoms with Crippen LogP contribution in [0.15, 0.2) is 21.5 Å². The van der Waals surface area contributed by atoms with Gasteiger partial charge in [-0.3, -0.25) is 4.79 Å². The molecule has 0 saturated carbocycles. The number of rotatable bonds is 4. The molecular formula is C12H15BrN2O3S. The minimum atomic E-state index is -3.58. The van der Waals surface area contributed by atoms with Crippen molar-refractivity contribution >= 4 is 37.5 Å². The van der Waals surface area contributed by atoms with E-state index < -0.39 is 10.0 Å². The summed E-state index contributed by atoms with van der Waals surface area (Å²) in [6.07, 6.45) is 0.927. The maximum absolute atomic E-state index is 12.3. The summed E-state index contributed by atoms with van der Waals surface area (Å²) in [4.78, 5) is 11.5. The number of sulfonamides is 1. The number of fused-ring (bicyclic) bond motifs is 1. The van der Waals surface area contributed by atoms with E-state index in [1.165, 1.54) is 0 Å². The van der Waals surface area contributed by atoms with Crippen LogP contribution in [0.1, 0.15) is 25.8 Å². The average molecular weight is 347 g/mol. The Labute approximate surface area is 121 Å². The number of carbonyl (C=O) groups is 1. The fraction of sp³-hybridized carbons (Fsp3) is 0.417. The van der Waals surface area contributed by atoms with E-state index in [1.54, 1.807) is 12.1 Å². The highest BCUT2D eigenvalue weighted by Crippen LogP contribution is 2.32. The Bertz CT molecular complexity index is 628. The second-order valence-corrected chi connectivity index (χ2v) is 7.13. The van der Waals surface area contributed by atoms with Gasteiger partial charge >= 0.3 is 0 Å². The Balaban J connectivity index is 2.41. The molecule has 0 aromatic heterocycles. The van der Waals surface area contributed by atoms with Crippen molar-refractivity contribution in [2.75, 3.05) is 5.32 Å². The van der Waals surface area contributed by atoms with Crippen LogP contribution < -0.4 is 10.0 Å². The van der Waals surface area contributed by atoms with E-state index in [0.717, 1.165) is 0 Å². The van der Waals surface area contributed by atoms with Gasteiger partial charge in [0.05, 0.1) is 11.3 Å². The van der Waals surface area contributed by atoms with Gasteiger partial charge in [-0.2, -0.15) is 0 Å². The molecule has 0 fully saturated rings. The molecular weight excluding hydrogens is 332 g/mol. The van der Waals surface area contributed by atoms with Crippen molar-refractivity contribution in [1.29, 1.82) is 0 Å². The summed E-state index contributed by atoms with van der Waals surface area (Å²) in [5.74, 6) is -0.119. The molecule has 1 aliphatic rings. The zero-order chi connectivity index (χ0) is 14.2. The lowest BCUT2D eigenvalue weighted by atomic mass is 10.2. The van der Waals surface area contributed by atoms with Crippen molar-refractivity contribution in [3.63, 3.8) is 0 Å². The van der Waals surface area contributed by atoms with Gasteiger partial charge in [0.25, 0.3) is 0 Å². The van der Waals surface area contributed by atoms with Gasteiger partial charge in [-0.1, -0.05) is 6.92 Å². The standard InChI is InChI=1S/C12H15BrN2O3S/c1-3-7(2)15-19(17,18)11-4-8-5-12(16)14-10(8)6-9(11)13/h4,6-7,15H,3,5H2,1-2H3,(H,14,16). The number of hydrogen-bond donors (Lipinski definition) is 2. The number of hydrogen-bond acceptors (Lipinski definition) is 3. The third-order valence-corrected chi connectivity index (χ3v) is 5.59. The molecule has 0 spiro atoms. The molecule has 0 bridgehead atoms. The van der Waals surface area contributed by atoms with Gasteiger partial charge in [0.2, 0.25) is 15.9 Å². The lowest BCUT2D eigenvalue weighted by Gasteiger charge is -2.14. The summed E-state index contributed by atoms with van der Waals surface area (Å²) in [6.45, 7) is 3.72. The summed E-state index contributed by atoms with van der Waals surface area (Å²) < 4.78 is 27.6. The average Bonchev–Trinajstić information content (AvgIpc) is 2.66. The first-order valence-electron chi connectivity index (χ1n) is 5.98. The maximum Gasteiger partial charge on any atom is 0.241 e. The van der Waals surface area contributed by atoms with Crippen LogP contribution >= 0.6 is 15.9 Å². The SMILES string of the molecule is CCC(C)NS(=O)(=O)c1cc2c(cc1Br)NC(=O)C2. The Morgan fingerprint density at radius 3 is 2.79 bits per heavy atom. The van der Waals surface area contributed by atoms with E-state index in [0.29, 0.717) is 22.1 Å². The van der Waals surface area contributed by atoms with Crippen molar-refractivity contribution in [1.82, 2.24) is 4.72 Å². The van der Waals surface area contributed by atoms with Gasteiger partial charge in [-0.15, -0.1) is 0 Å². The van der Waals surface area contributed by atoms with E-state index in [-0.39, 0.29) is 23.3 Å². The number of halogens is 1. The zero-order valence-corrected chi connectivity index (χ0v) is 13.1. The highest BCUT2D eigenvalue weighted by molar-refractivity contribution is 9.10. The molecule has 2 rings (SSSR count). The van der Waals surface area contributed by atoms with Crippen LogP contribution in [-0.2, 0) is 21.2 Å². The smallest absolute Gasteiger partial charge is 0.241 e. The molecule has 2 N–H and O–H groups in total. The largest absolute Gasteiger partial charge is 0.325 e. The summed E-state index contributed by atoms with van der Waals surface area (Å²) in [7, 11) is -3.58. The predicted octanol–water partition coefficient (Wildman–Crippen LogP) is 2.02. The van der Waals surface area contributed by atoms with Gasteiger partial charge in [0, 0.05) is 16.2 Å². The number of anilines is 1. The lowest BCUT2D eigenvalue weighted by Crippen LogP contribution is -2.32. The molecule has 1 atom stereocenters. The Morgan fingerprint density at radius 1 is 1.47 bits per heavy atom. The zero-order valence-electron chi connectivity index (χ0n) is 10.7. The fourth-order valence-electron chi connectivity index (χ4n) is 1.84. The molecule has 5 nitrogen and oxygen atoms in total. The normalized spacial score (nSPS) is 16.1. The van der Waals surface area contributed by atoms with Crippen LogP contribution in [0.4, 0.5) is 5.69 Å². The van der Waals surface area contributed by atoms with E-state index in [4.69, 9.17) is 0 Å². The molecule has 1 aliphatic heterocycles. The monoisotopic (exact) mass is 346 g/mol. The molecule has 1 unspecified atom stereocenters. The highest BCUT2D eigenvalue weighted by Gasteiger charge is 2.25. The van der Waals surface area contributed by atoms with Crippen LogP contribution in [0.2, 0.25) is 0 Å². The third-order valence-electron chi connectivity index (χ3n) is 3.04. The first-order valence-corrected chi connectivity index (χ1v) is 8.25. The van der Waals surface area contributed by atoms with E-state index in [1.807, 2.05) is 13.8 Å². The van der Waals surface area contributed by atoms with Crippen molar-refractivity contribution in [2.24, 2.45) is 0 Å². The van der Waals surface area contributed by atoms with Crippen LogP contribution in [0.3, 0.4) is 0 Å². The quantitative estimate of drug-likeness (QED) is 0.875. The van der Waals surface area contributed by atoms with Gasteiger partial charge in [-0.05, 0) is 47.0 Å². The number of amides is 1. The van der Waals surface area contributed by atoms with Crippen molar-refractivity contribution in [2.45, 2.75) is 37.6 Å². The molecule has 0 saturated heterocycles. The van der Waals surface area contributed by atoms with Crippen LogP contribution in [-0.4, -0.2) is 20.4 Å². The maximum atomic E-state index is 12.3. The molecule has 104 valence electrons. The Kier molecular flexibility index (Phi) is 3.98. The summed E-state index contributed by atoms with van der Waals surface area (Å²) >= 11 is 3.25. The molecule has 1 amide bonds. The summed E-state index contributed by atoms with van der Waals surface area (Å²) in [5.41, 5.74) is 1.37. The number of nitrogens with one attached hydrogen (secondary N) is 2. The van der Waals surface area contributed by atoms with Crippen molar-refractivity contribution in [3.05, 3.63) is 22.2 Å². The molecule has 0 radical (unpaired) electrons. The molecule has 1 aromatic carbocycles. The number of carbonyl (C=O) groups excluding carboxylic acids is 1. The highest BCUT2D eigenvalue weighted by atomic mass is 79.9. The van der Waals surface area contributed by atoms with Gasteiger partial charge in [0.1, 0.15) is 0 Å². The van der Waals surface area contributed by atoms with Gasteiger partial charge in [0.15, 0.2) is 0 Å². The van der Waals surface area contributed by atoms with E-state index in [2.05, 4.69) is 26.0 Å². The second kappa shape index (κ2) is 5.22. The molecule has 0 aliphatic carbocycles. The lowest BCUT2D eigenvalue weighted by molar-refractivity contribution is -0.115. The first kappa shape index (κ1) is 14.5. The summed E-state index contributed by atoms with van der Waals surface area (Å²) in [6, 6.07) is 3.04. The predicted molar refractivity (Wildman–Crippen MR) is 76.6 cm³/mol. The van der Waals surface area contributed by atoms with Crippen LogP contribution in [0.25, 0.3) is 0 Å². The minimum absolute atomic E-state index is 0.119. The summed E-state index contributed by atoms with van der Waals surface area (Å²) in [5, 5.41) is 2.68. The Morgan fingerprint density at radius 2 is 2.16 bits per heavy atom. The third kappa shape index (κ3) is 2.98. The van der Waals surface area contributed by atoms with E-state index >= 15 is 0 Å². The van der Waals surface area contributed by atoms with Gasteiger partial charge < -0.3 is 5.32 Å². The fourth-order valence-corrected chi connectivity index (χ4v) is 4.26. The molecule has 1 heterocycles. The van der Waals surface area contributed by atoms with Crippen molar-refractivity contribution < 1.29 is 13.2 Å². The first-order chi connectivity index (χ1) is 8.83. The number of benzene rings is 1. The topological polar surface area (TPSA) is 75.3 Å². The Hall–Kier alpha value is -0.920. The molecule has 1 aromatic rings.